The van der Waals surface area contributed by atoms with E-state index in [2.05, 4.69) is 43.4 Å². The Kier molecular flexibility index (Phi) is 8.01. The second-order valence-corrected chi connectivity index (χ2v) is 9.14. The molecule has 0 fully saturated rings. The van der Waals surface area contributed by atoms with Gasteiger partial charge < -0.3 is 20.7 Å². The first kappa shape index (κ1) is 26.1. The van der Waals surface area contributed by atoms with E-state index >= 15 is 0 Å². The smallest absolute Gasteiger partial charge is 0.252 e. The van der Waals surface area contributed by atoms with Crippen LogP contribution in [0.15, 0.2) is 65.3 Å². The maximum absolute atomic E-state index is 14.0. The second-order valence-electron chi connectivity index (χ2n) is 8.28. The molecule has 4 rings (SSSR count). The molecule has 1 heterocycles. The Morgan fingerprint density at radius 2 is 1.73 bits per heavy atom. The molecule has 4 N–H and O–H groups in total. The first-order chi connectivity index (χ1) is 17.8. The summed E-state index contributed by atoms with van der Waals surface area (Å²) < 4.78 is 28.3. The number of rotatable bonds is 6. The molecule has 9 heteroatoms. The van der Waals surface area contributed by atoms with Gasteiger partial charge in [-0.25, -0.2) is 8.78 Å². The Balaban J connectivity index is 1.50. The highest BCUT2D eigenvalue weighted by atomic mass is 79.9. The first-order valence-electron chi connectivity index (χ1n) is 11.3. The molecule has 0 bridgehead atoms. The van der Waals surface area contributed by atoms with Crippen molar-refractivity contribution in [1.29, 1.82) is 0 Å². The minimum atomic E-state index is -0.713. The van der Waals surface area contributed by atoms with E-state index < -0.39 is 23.6 Å². The van der Waals surface area contributed by atoms with Gasteiger partial charge in [0.2, 0.25) is 0 Å². The number of aliphatic hydroxyl groups excluding tert-OH is 1. The Bertz CT molecular complexity index is 1540. The zero-order valence-electron chi connectivity index (χ0n) is 19.7. The van der Waals surface area contributed by atoms with Crippen LogP contribution in [0.3, 0.4) is 0 Å². The number of amides is 2. The molecule has 1 atom stereocenters. The largest absolute Gasteiger partial charge is 0.394 e. The summed E-state index contributed by atoms with van der Waals surface area (Å²) in [5.41, 5.74) is 2.86. The highest BCUT2D eigenvalue weighted by molar-refractivity contribution is 9.10. The number of nitrogens with one attached hydrogen (secondary N) is 3. The lowest BCUT2D eigenvalue weighted by atomic mass is 10.0. The third kappa shape index (κ3) is 6.05. The highest BCUT2D eigenvalue weighted by Gasteiger charge is 2.19. The summed E-state index contributed by atoms with van der Waals surface area (Å²) in [7, 11) is 1.56. The Morgan fingerprint density at radius 1 is 1.03 bits per heavy atom. The molecule has 0 radical (unpaired) electrons. The summed E-state index contributed by atoms with van der Waals surface area (Å²) in [6.45, 7) is -0.376. The van der Waals surface area contributed by atoms with Gasteiger partial charge in [0.05, 0.1) is 23.7 Å². The van der Waals surface area contributed by atoms with Crippen LogP contribution >= 0.6 is 15.9 Å². The van der Waals surface area contributed by atoms with Gasteiger partial charge in [0.15, 0.2) is 0 Å². The number of aromatic amines is 1. The first-order valence-corrected chi connectivity index (χ1v) is 12.1. The van der Waals surface area contributed by atoms with Crippen molar-refractivity contribution in [3.8, 4) is 11.8 Å². The number of hydrogen-bond acceptors (Lipinski definition) is 3. The fourth-order valence-electron chi connectivity index (χ4n) is 3.84. The van der Waals surface area contributed by atoms with Crippen molar-refractivity contribution in [2.45, 2.75) is 12.5 Å². The number of carbonyl (C=O) groups excluding carboxylic acids is 2. The van der Waals surface area contributed by atoms with E-state index in [1.165, 1.54) is 12.3 Å². The van der Waals surface area contributed by atoms with Gasteiger partial charge in [-0.05, 0) is 76.4 Å². The van der Waals surface area contributed by atoms with Crippen LogP contribution in [0, 0.1) is 23.5 Å². The molecule has 3 aromatic carbocycles. The van der Waals surface area contributed by atoms with E-state index in [0.29, 0.717) is 37.7 Å². The van der Waals surface area contributed by atoms with Crippen LogP contribution in [0.5, 0.6) is 0 Å². The Labute approximate surface area is 220 Å². The van der Waals surface area contributed by atoms with E-state index in [4.69, 9.17) is 0 Å². The molecule has 0 saturated carbocycles. The summed E-state index contributed by atoms with van der Waals surface area (Å²) in [6, 6.07) is 13.2. The van der Waals surface area contributed by atoms with Crippen molar-refractivity contribution in [2.75, 3.05) is 13.7 Å². The lowest BCUT2D eigenvalue weighted by Crippen LogP contribution is -2.39. The molecule has 37 heavy (non-hydrogen) atoms. The lowest BCUT2D eigenvalue weighted by molar-refractivity contribution is 0.0914. The topological polar surface area (TPSA) is 94.2 Å². The van der Waals surface area contributed by atoms with Gasteiger partial charge in [-0.1, -0.05) is 11.8 Å². The molecule has 0 saturated heterocycles. The van der Waals surface area contributed by atoms with Gasteiger partial charge in [-0.15, -0.1) is 0 Å². The van der Waals surface area contributed by atoms with Crippen LogP contribution in [0.2, 0.25) is 0 Å². The van der Waals surface area contributed by atoms with Crippen LogP contribution in [0.1, 0.15) is 37.4 Å². The van der Waals surface area contributed by atoms with Crippen molar-refractivity contribution in [3.05, 3.63) is 105 Å². The van der Waals surface area contributed by atoms with Crippen LogP contribution < -0.4 is 10.6 Å². The van der Waals surface area contributed by atoms with Crippen LogP contribution in [0.25, 0.3) is 10.9 Å². The van der Waals surface area contributed by atoms with Crippen LogP contribution in [-0.2, 0) is 6.42 Å². The minimum Gasteiger partial charge on any atom is -0.394 e. The fourth-order valence-corrected chi connectivity index (χ4v) is 4.27. The highest BCUT2D eigenvalue weighted by Crippen LogP contribution is 2.24. The molecule has 0 aliphatic heterocycles. The van der Waals surface area contributed by atoms with Crippen molar-refractivity contribution in [3.63, 3.8) is 0 Å². The average molecular weight is 566 g/mol. The molecular formula is C28H22BrF2N3O3. The zero-order valence-corrected chi connectivity index (χ0v) is 21.2. The van der Waals surface area contributed by atoms with Crippen molar-refractivity contribution < 1.29 is 23.5 Å². The number of aliphatic hydroxyl groups is 1. The van der Waals surface area contributed by atoms with E-state index in [1.54, 1.807) is 49.5 Å². The quantitative estimate of drug-likeness (QED) is 0.262. The van der Waals surface area contributed by atoms with E-state index in [-0.39, 0.29) is 24.5 Å². The molecular weight excluding hydrogens is 544 g/mol. The summed E-state index contributed by atoms with van der Waals surface area (Å²) in [5, 5.41) is 15.6. The maximum Gasteiger partial charge on any atom is 0.252 e. The number of hydrogen-bond donors (Lipinski definition) is 4. The Morgan fingerprint density at radius 3 is 2.43 bits per heavy atom. The van der Waals surface area contributed by atoms with Crippen LogP contribution in [-0.4, -0.2) is 41.6 Å². The number of benzene rings is 3. The summed E-state index contributed by atoms with van der Waals surface area (Å²) in [4.78, 5) is 27.5. The standard InChI is InChI=1S/C28H22BrF2N3O3/c1-32-27(36)18-7-4-16(5-8-18)2-3-17-6-9-24(29)23(10-17)28(37)34-21(15-35)11-19-14-33-26-22(19)12-20(30)13-25(26)31/h4-10,12-14,21,33,35H,11,15H2,1H3,(H,32,36)(H,34,37). The molecule has 188 valence electrons. The van der Waals surface area contributed by atoms with Crippen LogP contribution in [0.4, 0.5) is 8.78 Å². The molecule has 2 amide bonds. The summed E-state index contributed by atoms with van der Waals surface area (Å²) in [6.07, 6.45) is 1.70. The third-order valence-electron chi connectivity index (χ3n) is 5.75. The average Bonchev–Trinajstić information content (AvgIpc) is 3.30. The fraction of sp³-hybridized carbons (Fsp3) is 0.143. The van der Waals surface area contributed by atoms with Gasteiger partial charge >= 0.3 is 0 Å². The maximum atomic E-state index is 14.0. The number of halogens is 3. The van der Waals surface area contributed by atoms with Gasteiger partial charge in [0.1, 0.15) is 11.6 Å². The monoisotopic (exact) mass is 565 g/mol. The predicted molar refractivity (Wildman–Crippen MR) is 140 cm³/mol. The van der Waals surface area contributed by atoms with E-state index in [0.717, 1.165) is 6.07 Å². The number of aromatic nitrogens is 1. The van der Waals surface area contributed by atoms with E-state index in [1.807, 2.05) is 0 Å². The predicted octanol–water partition coefficient (Wildman–Crippen LogP) is 4.30. The third-order valence-corrected chi connectivity index (χ3v) is 6.44. The molecule has 0 aliphatic carbocycles. The molecule has 1 unspecified atom stereocenters. The lowest BCUT2D eigenvalue weighted by Gasteiger charge is -2.17. The minimum absolute atomic E-state index is 0.161. The summed E-state index contributed by atoms with van der Waals surface area (Å²) in [5.74, 6) is 3.96. The van der Waals surface area contributed by atoms with Crippen molar-refractivity contribution in [2.24, 2.45) is 0 Å². The zero-order chi connectivity index (χ0) is 26.5. The number of H-pyrrole nitrogens is 1. The molecule has 1 aromatic heterocycles. The van der Waals surface area contributed by atoms with Gasteiger partial charge in [-0.2, -0.15) is 0 Å². The normalized spacial score (nSPS) is 11.5. The molecule has 4 aromatic rings. The second kappa shape index (κ2) is 11.4. The SMILES string of the molecule is CNC(=O)c1ccc(C#Cc2ccc(Br)c(C(=O)NC(CO)Cc3c[nH]c4c(F)cc(F)cc34)c2)cc1. The van der Waals surface area contributed by atoms with Crippen molar-refractivity contribution in [1.82, 2.24) is 15.6 Å². The van der Waals surface area contributed by atoms with Gasteiger partial charge in [-0.3, -0.25) is 9.59 Å². The molecule has 6 nitrogen and oxygen atoms in total. The van der Waals surface area contributed by atoms with Gasteiger partial charge in [0, 0.05) is 45.9 Å². The summed E-state index contributed by atoms with van der Waals surface area (Å²) >= 11 is 3.38. The molecule has 0 aliphatic rings. The molecule has 0 spiro atoms. The number of carbonyl (C=O) groups is 2. The van der Waals surface area contributed by atoms with Gasteiger partial charge in [0.25, 0.3) is 11.8 Å². The Hall–Kier alpha value is -4.00. The van der Waals surface area contributed by atoms with E-state index in [9.17, 15) is 23.5 Å². The van der Waals surface area contributed by atoms with Crippen molar-refractivity contribution >= 4 is 38.6 Å². The number of fused-ring (bicyclic) bond motifs is 1.